The van der Waals surface area contributed by atoms with Gasteiger partial charge in [-0.15, -0.1) is 0 Å². The molecule has 2 aromatic rings. The van der Waals surface area contributed by atoms with Crippen molar-refractivity contribution in [1.29, 1.82) is 0 Å². The highest BCUT2D eigenvalue weighted by Gasteiger charge is 2.27. The van der Waals surface area contributed by atoms with Gasteiger partial charge in [-0.3, -0.25) is 10.1 Å². The van der Waals surface area contributed by atoms with Crippen LogP contribution in [-0.4, -0.2) is 4.92 Å². The Hall–Kier alpha value is -1.02. The first kappa shape index (κ1) is 18.0. The molecule has 1 aromatic carbocycles. The second-order valence-corrected chi connectivity index (χ2v) is 6.15. The fraction of sp³-hybridized carbons (Fsp3) is 0.267. The molecule has 0 saturated heterocycles. The SMILES string of the molecule is C[n+]1ccc(C(C)(C)c2ccc([N+](=O)[O-])cc2Br)cc1.[I-]. The van der Waals surface area contributed by atoms with Gasteiger partial charge in [-0.2, -0.15) is 0 Å². The van der Waals surface area contributed by atoms with Gasteiger partial charge in [0.05, 0.1) is 4.92 Å². The first-order valence-electron chi connectivity index (χ1n) is 6.22. The molecule has 0 aliphatic rings. The molecule has 6 heteroatoms. The summed E-state index contributed by atoms with van der Waals surface area (Å²) in [4.78, 5) is 10.4. The van der Waals surface area contributed by atoms with Crippen molar-refractivity contribution in [3.63, 3.8) is 0 Å². The van der Waals surface area contributed by atoms with Crippen molar-refractivity contribution in [3.05, 3.63) is 68.4 Å². The molecule has 2 rings (SSSR count). The zero-order valence-corrected chi connectivity index (χ0v) is 15.8. The largest absolute Gasteiger partial charge is 1.00 e. The Morgan fingerprint density at radius 1 is 1.19 bits per heavy atom. The fourth-order valence-electron chi connectivity index (χ4n) is 2.20. The van der Waals surface area contributed by atoms with Gasteiger partial charge in [-0.1, -0.05) is 35.8 Å². The minimum atomic E-state index is -0.385. The van der Waals surface area contributed by atoms with E-state index in [1.807, 2.05) is 30.1 Å². The summed E-state index contributed by atoms with van der Waals surface area (Å²) in [6.45, 7) is 4.21. The number of aromatic nitrogens is 1. The summed E-state index contributed by atoms with van der Waals surface area (Å²) in [7, 11) is 1.97. The van der Waals surface area contributed by atoms with Crippen molar-refractivity contribution in [2.45, 2.75) is 19.3 Å². The maximum atomic E-state index is 10.8. The van der Waals surface area contributed by atoms with Crippen molar-refractivity contribution in [3.8, 4) is 0 Å². The normalized spacial score (nSPS) is 10.9. The molecule has 0 fully saturated rings. The molecule has 0 amide bonds. The van der Waals surface area contributed by atoms with Crippen LogP contribution in [0, 0.1) is 10.1 Å². The van der Waals surface area contributed by atoms with Crippen LogP contribution in [-0.2, 0) is 12.5 Å². The number of hydrogen-bond donors (Lipinski definition) is 0. The highest BCUT2D eigenvalue weighted by molar-refractivity contribution is 9.10. The van der Waals surface area contributed by atoms with E-state index >= 15 is 0 Å². The van der Waals surface area contributed by atoms with E-state index in [2.05, 4.69) is 41.9 Å². The van der Waals surface area contributed by atoms with Gasteiger partial charge < -0.3 is 24.0 Å². The number of rotatable bonds is 3. The van der Waals surface area contributed by atoms with E-state index in [0.717, 1.165) is 15.6 Å². The van der Waals surface area contributed by atoms with E-state index in [1.54, 1.807) is 12.1 Å². The maximum absolute atomic E-state index is 10.8. The molecule has 4 nitrogen and oxygen atoms in total. The summed E-state index contributed by atoms with van der Waals surface area (Å²) in [5.41, 5.74) is 2.04. The van der Waals surface area contributed by atoms with Crippen molar-refractivity contribution < 1.29 is 33.5 Å². The summed E-state index contributed by atoms with van der Waals surface area (Å²) >= 11 is 3.45. The van der Waals surface area contributed by atoms with E-state index in [-0.39, 0.29) is 40.0 Å². The first-order valence-corrected chi connectivity index (χ1v) is 7.02. The molecule has 0 saturated carbocycles. The van der Waals surface area contributed by atoms with E-state index in [0.29, 0.717) is 0 Å². The number of benzene rings is 1. The predicted octanol–water partition coefficient (Wildman–Crippen LogP) is 0.512. The molecule has 0 bridgehead atoms. The van der Waals surface area contributed by atoms with Crippen LogP contribution in [0.4, 0.5) is 5.69 Å². The Morgan fingerprint density at radius 3 is 2.24 bits per heavy atom. The smallest absolute Gasteiger partial charge is 0.270 e. The van der Waals surface area contributed by atoms with Crippen LogP contribution in [0.2, 0.25) is 0 Å². The lowest BCUT2D eigenvalue weighted by Gasteiger charge is -2.26. The molecule has 0 aliphatic heterocycles. The highest BCUT2D eigenvalue weighted by atomic mass is 127. The number of nitro benzene ring substituents is 1. The maximum Gasteiger partial charge on any atom is 0.270 e. The lowest BCUT2D eigenvalue weighted by atomic mass is 9.78. The van der Waals surface area contributed by atoms with Gasteiger partial charge in [0.15, 0.2) is 12.4 Å². The molecule has 21 heavy (non-hydrogen) atoms. The Kier molecular flexibility index (Phi) is 5.86. The fourth-order valence-corrected chi connectivity index (χ4v) is 3.06. The third-order valence-electron chi connectivity index (χ3n) is 3.54. The highest BCUT2D eigenvalue weighted by Crippen LogP contribution is 2.37. The van der Waals surface area contributed by atoms with Crippen LogP contribution in [0.5, 0.6) is 0 Å². The molecular formula is C15H16BrIN2O2. The third kappa shape index (κ3) is 3.79. The van der Waals surface area contributed by atoms with Crippen molar-refractivity contribution in [1.82, 2.24) is 0 Å². The summed E-state index contributed by atoms with van der Waals surface area (Å²) in [6.07, 6.45) is 3.99. The van der Waals surface area contributed by atoms with Crippen LogP contribution < -0.4 is 28.5 Å². The van der Waals surface area contributed by atoms with Gasteiger partial charge in [0.25, 0.3) is 5.69 Å². The molecule has 1 aromatic heterocycles. The lowest BCUT2D eigenvalue weighted by Crippen LogP contribution is -3.00. The van der Waals surface area contributed by atoms with Crippen molar-refractivity contribution in [2.24, 2.45) is 7.05 Å². The topological polar surface area (TPSA) is 47.0 Å². The summed E-state index contributed by atoms with van der Waals surface area (Å²) < 4.78 is 2.73. The molecule has 0 N–H and O–H groups in total. The number of pyridine rings is 1. The van der Waals surface area contributed by atoms with E-state index in [4.69, 9.17) is 0 Å². The number of aryl methyl sites for hydroxylation is 1. The van der Waals surface area contributed by atoms with Gasteiger partial charge >= 0.3 is 0 Å². The number of non-ortho nitro benzene ring substituents is 1. The lowest BCUT2D eigenvalue weighted by molar-refractivity contribution is -0.671. The van der Waals surface area contributed by atoms with Gasteiger partial charge in [0.2, 0.25) is 0 Å². The number of nitrogens with zero attached hydrogens (tertiary/aromatic N) is 2. The Balaban J connectivity index is 0.00000220. The predicted molar refractivity (Wildman–Crippen MR) is 80.5 cm³/mol. The van der Waals surface area contributed by atoms with Crippen LogP contribution >= 0.6 is 15.9 Å². The third-order valence-corrected chi connectivity index (χ3v) is 4.19. The quantitative estimate of drug-likeness (QED) is 0.289. The van der Waals surface area contributed by atoms with E-state index in [1.165, 1.54) is 0 Å². The Labute approximate surface area is 149 Å². The zero-order valence-electron chi connectivity index (χ0n) is 12.0. The summed E-state index contributed by atoms with van der Waals surface area (Å²) in [6, 6.07) is 9.04. The van der Waals surface area contributed by atoms with Crippen LogP contribution in [0.25, 0.3) is 0 Å². The molecule has 0 atom stereocenters. The Morgan fingerprint density at radius 2 is 1.76 bits per heavy atom. The van der Waals surface area contributed by atoms with Crippen molar-refractivity contribution in [2.75, 3.05) is 0 Å². The average Bonchev–Trinajstić information content (AvgIpc) is 2.38. The minimum Gasteiger partial charge on any atom is -1.00 e. The Bertz CT molecular complexity index is 657. The molecule has 112 valence electrons. The molecule has 1 heterocycles. The second kappa shape index (κ2) is 6.83. The van der Waals surface area contributed by atoms with Crippen LogP contribution in [0.15, 0.2) is 47.2 Å². The van der Waals surface area contributed by atoms with Crippen LogP contribution in [0.3, 0.4) is 0 Å². The zero-order chi connectivity index (χ0) is 14.9. The van der Waals surface area contributed by atoms with Gasteiger partial charge in [0.1, 0.15) is 7.05 Å². The number of nitro groups is 1. The first-order chi connectivity index (χ1) is 9.32. The molecule has 0 spiro atoms. The number of hydrogen-bond acceptors (Lipinski definition) is 2. The van der Waals surface area contributed by atoms with E-state index < -0.39 is 0 Å². The van der Waals surface area contributed by atoms with Crippen LogP contribution in [0.1, 0.15) is 25.0 Å². The minimum absolute atomic E-state index is 0. The average molecular weight is 463 g/mol. The molecular weight excluding hydrogens is 447 g/mol. The second-order valence-electron chi connectivity index (χ2n) is 5.30. The van der Waals surface area contributed by atoms with Gasteiger partial charge in [0, 0.05) is 34.2 Å². The van der Waals surface area contributed by atoms with Gasteiger partial charge in [-0.25, -0.2) is 4.57 Å². The standard InChI is InChI=1S/C15H16BrN2O2.HI/c1-15(2,11-6-8-17(3)9-7-11)13-5-4-12(18(19)20)10-14(13)16;/h4-10H,1-3H3;1H/q+1;/p-1. The summed E-state index contributed by atoms with van der Waals surface area (Å²) in [5, 5.41) is 10.8. The summed E-state index contributed by atoms with van der Waals surface area (Å²) in [5.74, 6) is 0. The monoisotopic (exact) mass is 462 g/mol. The van der Waals surface area contributed by atoms with Gasteiger partial charge in [-0.05, 0) is 11.1 Å². The van der Waals surface area contributed by atoms with E-state index in [9.17, 15) is 10.1 Å². The molecule has 0 unspecified atom stereocenters. The number of halogens is 2. The molecule has 0 aliphatic carbocycles. The molecule has 0 radical (unpaired) electrons. The van der Waals surface area contributed by atoms with Crippen molar-refractivity contribution >= 4 is 21.6 Å².